The average molecular weight is 725 g/mol. The fourth-order valence-corrected chi connectivity index (χ4v) is 11.0. The van der Waals surface area contributed by atoms with Crippen LogP contribution in [0.2, 0.25) is 0 Å². The van der Waals surface area contributed by atoms with Crippen LogP contribution >= 0.6 is 22.6 Å². The molecule has 3 saturated carbocycles. The summed E-state index contributed by atoms with van der Waals surface area (Å²) in [7, 11) is 0. The number of allylic oxidation sites excluding steroid dienone is 1. The molecule has 4 aliphatic carbocycles. The summed E-state index contributed by atoms with van der Waals surface area (Å²) in [5.41, 5.74) is -2.57. The molecule has 4 bridgehead atoms. The van der Waals surface area contributed by atoms with E-state index in [0.29, 0.717) is 24.7 Å². The van der Waals surface area contributed by atoms with Crippen LogP contribution in [0.3, 0.4) is 0 Å². The number of rotatable bonds is 10. The third-order valence-corrected chi connectivity index (χ3v) is 12.8. The number of terminal acetylenes is 1. The lowest BCUT2D eigenvalue weighted by atomic mass is 9.43. The molecule has 1 saturated heterocycles. The molecule has 1 heterocycles. The molecule has 0 N–H and O–H groups in total. The predicted octanol–water partition coefficient (Wildman–Crippen LogP) is 5.89. The second-order valence-corrected chi connectivity index (χ2v) is 16.8. The number of alkyl halides is 1. The number of halogens is 1. The van der Waals surface area contributed by atoms with Gasteiger partial charge in [0.25, 0.3) is 0 Å². The van der Waals surface area contributed by atoms with Crippen molar-refractivity contribution in [2.45, 2.75) is 103 Å². The molecule has 0 aromatic heterocycles. The number of carbonyl (C=O) groups excluding carboxylic acids is 3. The van der Waals surface area contributed by atoms with E-state index in [9.17, 15) is 14.4 Å². The second kappa shape index (κ2) is 12.3. The van der Waals surface area contributed by atoms with Gasteiger partial charge >= 0.3 is 11.9 Å². The van der Waals surface area contributed by atoms with Crippen LogP contribution in [-0.4, -0.2) is 60.7 Å². The summed E-state index contributed by atoms with van der Waals surface area (Å²) in [6.07, 6.45) is 11.8. The molecule has 0 spiro atoms. The maximum absolute atomic E-state index is 14.8. The molecule has 44 heavy (non-hydrogen) atoms. The summed E-state index contributed by atoms with van der Waals surface area (Å²) in [6, 6.07) is 0. The number of ether oxygens (including phenoxy) is 5. The monoisotopic (exact) mass is 724 g/mol. The average Bonchev–Trinajstić information content (AvgIpc) is 3.52. The lowest BCUT2D eigenvalue weighted by Crippen LogP contribution is -2.64. The molecule has 11 atom stereocenters. The summed E-state index contributed by atoms with van der Waals surface area (Å²) in [4.78, 5) is 40.9. The number of fused-ring (bicyclic) bond motifs is 2. The predicted molar refractivity (Wildman–Crippen MR) is 172 cm³/mol. The maximum Gasteiger partial charge on any atom is 0.320 e. The van der Waals surface area contributed by atoms with Crippen LogP contribution in [0.15, 0.2) is 11.6 Å². The Morgan fingerprint density at radius 3 is 2.52 bits per heavy atom. The molecule has 9 heteroatoms. The number of aldehydes is 1. The van der Waals surface area contributed by atoms with Crippen molar-refractivity contribution in [3.63, 3.8) is 0 Å². The zero-order chi connectivity index (χ0) is 32.2. The topological polar surface area (TPSA) is 97.4 Å². The van der Waals surface area contributed by atoms with Gasteiger partial charge in [0.05, 0.1) is 29.6 Å². The highest BCUT2D eigenvalue weighted by molar-refractivity contribution is 14.1. The molecule has 0 aromatic carbocycles. The van der Waals surface area contributed by atoms with Crippen LogP contribution in [0.4, 0.5) is 0 Å². The summed E-state index contributed by atoms with van der Waals surface area (Å²) < 4.78 is 30.4. The van der Waals surface area contributed by atoms with Gasteiger partial charge in [0.15, 0.2) is 6.29 Å². The highest BCUT2D eigenvalue weighted by Crippen LogP contribution is 2.82. The highest BCUT2D eigenvalue weighted by Gasteiger charge is 2.84. The Morgan fingerprint density at radius 1 is 1.18 bits per heavy atom. The van der Waals surface area contributed by atoms with Crippen molar-refractivity contribution in [3.05, 3.63) is 11.6 Å². The Hall–Kier alpha value is -1.48. The van der Waals surface area contributed by atoms with Crippen molar-refractivity contribution in [2.24, 2.45) is 51.2 Å². The van der Waals surface area contributed by atoms with Crippen LogP contribution in [0, 0.1) is 63.6 Å². The summed E-state index contributed by atoms with van der Waals surface area (Å²) in [6.45, 7) is 13.7. The number of hydrogen-bond acceptors (Lipinski definition) is 8. The van der Waals surface area contributed by atoms with Gasteiger partial charge in [0.1, 0.15) is 18.3 Å². The first-order valence-corrected chi connectivity index (χ1v) is 17.4. The van der Waals surface area contributed by atoms with Crippen LogP contribution in [0.1, 0.15) is 80.6 Å². The van der Waals surface area contributed by atoms with Gasteiger partial charge < -0.3 is 28.5 Å². The van der Waals surface area contributed by atoms with E-state index in [0.717, 1.165) is 31.1 Å². The summed E-state index contributed by atoms with van der Waals surface area (Å²) in [5.74, 6) is 2.44. The minimum absolute atomic E-state index is 0.0118. The largest absolute Gasteiger partial charge is 0.427 e. The van der Waals surface area contributed by atoms with E-state index >= 15 is 0 Å². The molecule has 8 nitrogen and oxygen atoms in total. The third kappa shape index (κ3) is 5.00. The fraction of sp³-hybridized carbons (Fsp3) is 0.800. The van der Waals surface area contributed by atoms with Gasteiger partial charge in [0.2, 0.25) is 6.79 Å². The van der Waals surface area contributed by atoms with Gasteiger partial charge in [-0.25, -0.2) is 0 Å². The first-order chi connectivity index (χ1) is 20.7. The highest BCUT2D eigenvalue weighted by atomic mass is 127. The molecular weight excluding hydrogens is 675 g/mol. The lowest BCUT2D eigenvalue weighted by molar-refractivity contribution is -0.245. The summed E-state index contributed by atoms with van der Waals surface area (Å²) >= 11 is 2.38. The summed E-state index contributed by atoms with van der Waals surface area (Å²) in [5, 5.41) is 0. The van der Waals surface area contributed by atoms with Crippen molar-refractivity contribution in [3.8, 4) is 12.3 Å². The number of esters is 2. The van der Waals surface area contributed by atoms with Crippen molar-refractivity contribution in [1.29, 1.82) is 0 Å². The number of carbonyl (C=O) groups is 3. The Balaban J connectivity index is 1.50. The van der Waals surface area contributed by atoms with Crippen molar-refractivity contribution < 1.29 is 38.1 Å². The maximum atomic E-state index is 14.8. The van der Waals surface area contributed by atoms with Crippen molar-refractivity contribution in [1.82, 2.24) is 0 Å². The Morgan fingerprint density at radius 2 is 1.91 bits per heavy atom. The van der Waals surface area contributed by atoms with Gasteiger partial charge in [0, 0.05) is 15.8 Å². The molecule has 5 rings (SSSR count). The van der Waals surface area contributed by atoms with E-state index in [1.807, 2.05) is 6.92 Å². The quantitative estimate of drug-likeness (QED) is 0.0524. The van der Waals surface area contributed by atoms with Gasteiger partial charge in [-0.15, -0.1) is 6.42 Å². The first kappa shape index (κ1) is 33.9. The Kier molecular flexibility index (Phi) is 9.45. The van der Waals surface area contributed by atoms with Gasteiger partial charge in [-0.1, -0.05) is 67.4 Å². The second-order valence-electron chi connectivity index (χ2n) is 15.2. The Bertz CT molecular complexity index is 1200. The van der Waals surface area contributed by atoms with E-state index in [2.05, 4.69) is 55.4 Å². The molecule has 4 fully saturated rings. The zero-order valence-corrected chi connectivity index (χ0v) is 29.4. The van der Waals surface area contributed by atoms with E-state index < -0.39 is 46.7 Å². The van der Waals surface area contributed by atoms with Crippen LogP contribution in [0.25, 0.3) is 0 Å². The third-order valence-electron chi connectivity index (χ3n) is 11.6. The van der Waals surface area contributed by atoms with E-state index in [4.69, 9.17) is 30.1 Å². The molecule has 5 aliphatic rings. The van der Waals surface area contributed by atoms with Gasteiger partial charge in [-0.3, -0.25) is 9.59 Å². The molecular formula is C35H49IO8. The minimum atomic E-state index is -1.21. The number of hydrogen-bond donors (Lipinski definition) is 0. The first-order valence-electron chi connectivity index (χ1n) is 16.2. The van der Waals surface area contributed by atoms with Gasteiger partial charge in [-0.05, 0) is 76.5 Å². The fourth-order valence-electron chi connectivity index (χ4n) is 9.79. The van der Waals surface area contributed by atoms with Crippen molar-refractivity contribution >= 4 is 40.8 Å². The van der Waals surface area contributed by atoms with Crippen molar-refractivity contribution in [2.75, 3.05) is 20.0 Å². The SMILES string of the molecule is C#CCO[C@H]1C(I)C[C@H](OC[C@@]23C[C@@H]4[C@H](C)CC[C@H]4[C@@]4(C=O)C[C@H]2C=C(C(C)C)[C@@]34C(=O)OCOC(=O)C(C)(C)C)O[C@@H]1C. The molecule has 244 valence electrons. The van der Waals surface area contributed by atoms with E-state index in [-0.39, 0.29) is 47.1 Å². The molecule has 1 unspecified atom stereocenters. The minimum Gasteiger partial charge on any atom is -0.427 e. The molecule has 1 aliphatic heterocycles. The van der Waals surface area contributed by atoms with E-state index in [1.54, 1.807) is 20.8 Å². The van der Waals surface area contributed by atoms with Crippen LogP contribution in [-0.2, 0) is 38.1 Å². The Labute approximate surface area is 276 Å². The molecule has 0 aromatic rings. The van der Waals surface area contributed by atoms with Crippen LogP contribution in [0.5, 0.6) is 0 Å². The molecule has 0 amide bonds. The lowest BCUT2D eigenvalue weighted by Gasteiger charge is -2.59. The normalized spacial score (nSPS) is 42.4. The smallest absolute Gasteiger partial charge is 0.320 e. The molecule has 0 radical (unpaired) electrons. The van der Waals surface area contributed by atoms with Gasteiger partial charge in [-0.2, -0.15) is 0 Å². The standard InChI is InChI=1S/C35H49IO8/c1-9-12-40-29-22(5)44-28(14-27(29)36)41-18-34-16-24-21(4)10-11-25(24)33(17-37)15-23(34)13-26(20(2)3)35(33,34)31(39)43-19-42-30(38)32(6,7)8/h1,13,17,20-25,27-29H,10-12,14-16,18-19H2,2-8H3/t21-,22-,23-,24-,25-,27?,28-,29-,33+,34+,35+/m1/s1. The van der Waals surface area contributed by atoms with E-state index in [1.165, 1.54) is 0 Å². The zero-order valence-electron chi connectivity index (χ0n) is 27.2. The van der Waals surface area contributed by atoms with Crippen LogP contribution < -0.4 is 0 Å².